The Kier molecular flexibility index (Phi) is 3.52. The first-order chi connectivity index (χ1) is 15.7. The summed E-state index contributed by atoms with van der Waals surface area (Å²) in [5.74, 6) is 1.55. The highest BCUT2D eigenvalue weighted by Gasteiger charge is 2.17. The molecule has 154 valence electrons. The average molecular weight is 415 g/mol. The van der Waals surface area contributed by atoms with Crippen LogP contribution in [0.25, 0.3) is 65.6 Å². The summed E-state index contributed by atoms with van der Waals surface area (Å²) >= 11 is 0. The van der Waals surface area contributed by atoms with Gasteiger partial charge in [-0.2, -0.15) is 0 Å². The molecular weight excluding hydrogens is 392 g/mol. The quantitative estimate of drug-likeness (QED) is 0.274. The van der Waals surface area contributed by atoms with E-state index < -0.39 is 0 Å². The number of hydrogen-bond donors (Lipinski definition) is 0. The summed E-state index contributed by atoms with van der Waals surface area (Å²) in [5, 5.41) is 10.1. The monoisotopic (exact) mass is 414 g/mol. The van der Waals surface area contributed by atoms with Gasteiger partial charge < -0.3 is 8.98 Å². The van der Waals surface area contributed by atoms with Gasteiger partial charge in [0.25, 0.3) is 0 Å². The number of imidazole rings is 1. The van der Waals surface area contributed by atoms with Crippen LogP contribution in [0.1, 0.15) is 13.8 Å². The van der Waals surface area contributed by atoms with E-state index in [9.17, 15) is 0 Å². The SMILES string of the molecule is CC(C)Cn1ccnc1-c1ccc2c(c1)oc1cc3ccc4cccc5ccc(c12)c3c45. The smallest absolute Gasteiger partial charge is 0.140 e. The van der Waals surface area contributed by atoms with Gasteiger partial charge in [0.05, 0.1) is 0 Å². The van der Waals surface area contributed by atoms with Crippen molar-refractivity contribution >= 4 is 54.3 Å². The Labute approximate surface area is 185 Å². The highest BCUT2D eigenvalue weighted by atomic mass is 16.3. The van der Waals surface area contributed by atoms with Gasteiger partial charge >= 0.3 is 0 Å². The molecule has 2 aromatic heterocycles. The molecular formula is C29H22N2O. The number of aromatic nitrogens is 2. The third-order valence-corrected chi connectivity index (χ3v) is 6.62. The molecule has 3 nitrogen and oxygen atoms in total. The summed E-state index contributed by atoms with van der Waals surface area (Å²) < 4.78 is 8.65. The number of rotatable bonds is 3. The van der Waals surface area contributed by atoms with Crippen LogP contribution in [-0.2, 0) is 6.54 Å². The largest absolute Gasteiger partial charge is 0.456 e. The summed E-state index contributed by atoms with van der Waals surface area (Å²) in [6.45, 7) is 5.40. The molecule has 0 amide bonds. The molecule has 0 radical (unpaired) electrons. The number of fused-ring (bicyclic) bond motifs is 4. The molecule has 7 aromatic rings. The lowest BCUT2D eigenvalue weighted by Crippen LogP contribution is -2.04. The summed E-state index contributed by atoms with van der Waals surface area (Å²) in [6.07, 6.45) is 3.94. The van der Waals surface area contributed by atoms with Gasteiger partial charge in [-0.05, 0) is 56.4 Å². The van der Waals surface area contributed by atoms with E-state index in [-0.39, 0.29) is 0 Å². The molecule has 0 bridgehead atoms. The Balaban J connectivity index is 1.53. The molecule has 0 N–H and O–H groups in total. The van der Waals surface area contributed by atoms with E-state index in [4.69, 9.17) is 4.42 Å². The number of hydrogen-bond acceptors (Lipinski definition) is 2. The molecule has 0 aliphatic rings. The number of nitrogens with zero attached hydrogens (tertiary/aromatic N) is 2. The standard InChI is InChI=1S/C29H22N2O/c1-17(2)16-31-13-12-30-29(31)21-9-10-22-24(15-21)32-25-14-20-7-6-18-4-3-5-19-8-11-23(28(22)25)27(20)26(18)19/h3-15,17H,16H2,1-2H3. The molecule has 2 heterocycles. The first-order valence-electron chi connectivity index (χ1n) is 11.2. The Bertz CT molecular complexity index is 1770. The van der Waals surface area contributed by atoms with Gasteiger partial charge in [0, 0.05) is 35.3 Å². The number of benzene rings is 5. The van der Waals surface area contributed by atoms with E-state index in [1.807, 2.05) is 6.20 Å². The van der Waals surface area contributed by atoms with Gasteiger partial charge in [-0.3, -0.25) is 0 Å². The maximum atomic E-state index is 6.42. The second-order valence-corrected chi connectivity index (χ2v) is 9.22. The third kappa shape index (κ3) is 2.39. The Morgan fingerprint density at radius 3 is 2.41 bits per heavy atom. The molecule has 0 saturated carbocycles. The van der Waals surface area contributed by atoms with Gasteiger partial charge in [-0.1, -0.05) is 62.4 Å². The van der Waals surface area contributed by atoms with Crippen molar-refractivity contribution in [2.24, 2.45) is 5.92 Å². The molecule has 0 fully saturated rings. The van der Waals surface area contributed by atoms with Crippen LogP contribution in [-0.4, -0.2) is 9.55 Å². The fraction of sp³-hybridized carbons (Fsp3) is 0.138. The fourth-order valence-electron chi connectivity index (χ4n) is 5.32. The van der Waals surface area contributed by atoms with Crippen LogP contribution in [0.4, 0.5) is 0 Å². The van der Waals surface area contributed by atoms with Crippen LogP contribution in [0.15, 0.2) is 83.5 Å². The van der Waals surface area contributed by atoms with Crippen molar-refractivity contribution in [2.45, 2.75) is 20.4 Å². The van der Waals surface area contributed by atoms with E-state index in [0.717, 1.165) is 34.5 Å². The minimum atomic E-state index is 0.560. The fourth-order valence-corrected chi connectivity index (χ4v) is 5.32. The Morgan fingerprint density at radius 1 is 0.781 bits per heavy atom. The van der Waals surface area contributed by atoms with Crippen molar-refractivity contribution in [3.8, 4) is 11.4 Å². The van der Waals surface area contributed by atoms with E-state index >= 15 is 0 Å². The summed E-state index contributed by atoms with van der Waals surface area (Å²) in [4.78, 5) is 4.63. The predicted molar refractivity (Wildman–Crippen MR) is 133 cm³/mol. The maximum Gasteiger partial charge on any atom is 0.140 e. The zero-order valence-corrected chi connectivity index (χ0v) is 18.1. The van der Waals surface area contributed by atoms with E-state index in [1.165, 1.54) is 37.7 Å². The molecule has 5 aromatic carbocycles. The van der Waals surface area contributed by atoms with Gasteiger partial charge in [0.1, 0.15) is 17.0 Å². The van der Waals surface area contributed by atoms with Crippen molar-refractivity contribution in [3.63, 3.8) is 0 Å². The molecule has 0 aliphatic heterocycles. The van der Waals surface area contributed by atoms with E-state index in [2.05, 4.69) is 96.3 Å². The lowest BCUT2D eigenvalue weighted by Gasteiger charge is -2.11. The number of furan rings is 1. The van der Waals surface area contributed by atoms with Crippen molar-refractivity contribution in [3.05, 3.63) is 79.1 Å². The van der Waals surface area contributed by atoms with Crippen LogP contribution >= 0.6 is 0 Å². The highest BCUT2D eigenvalue weighted by Crippen LogP contribution is 2.42. The molecule has 3 heteroatoms. The predicted octanol–water partition coefficient (Wildman–Crippen LogP) is 8.00. The van der Waals surface area contributed by atoms with Crippen molar-refractivity contribution in [1.29, 1.82) is 0 Å². The average Bonchev–Trinajstić information content (AvgIpc) is 3.40. The molecule has 0 unspecified atom stereocenters. The van der Waals surface area contributed by atoms with Crippen LogP contribution in [0, 0.1) is 5.92 Å². The van der Waals surface area contributed by atoms with Crippen molar-refractivity contribution in [1.82, 2.24) is 9.55 Å². The first-order valence-corrected chi connectivity index (χ1v) is 11.2. The lowest BCUT2D eigenvalue weighted by atomic mass is 9.92. The van der Waals surface area contributed by atoms with Crippen LogP contribution in [0.2, 0.25) is 0 Å². The van der Waals surface area contributed by atoms with Crippen molar-refractivity contribution < 1.29 is 4.42 Å². The molecule has 0 saturated heterocycles. The molecule has 7 rings (SSSR count). The summed E-state index contributed by atoms with van der Waals surface area (Å²) in [6, 6.07) is 24.2. The van der Waals surface area contributed by atoms with Gasteiger partial charge in [-0.25, -0.2) is 4.98 Å². The zero-order chi connectivity index (χ0) is 21.4. The third-order valence-electron chi connectivity index (χ3n) is 6.62. The van der Waals surface area contributed by atoms with Crippen LogP contribution in [0.5, 0.6) is 0 Å². The second-order valence-electron chi connectivity index (χ2n) is 9.22. The zero-order valence-electron chi connectivity index (χ0n) is 18.1. The summed E-state index contributed by atoms with van der Waals surface area (Å²) in [7, 11) is 0. The minimum Gasteiger partial charge on any atom is -0.456 e. The Hall–Kier alpha value is -3.85. The van der Waals surface area contributed by atoms with Gasteiger partial charge in [-0.15, -0.1) is 0 Å². The summed E-state index contributed by atoms with van der Waals surface area (Å²) in [5.41, 5.74) is 2.93. The van der Waals surface area contributed by atoms with Crippen LogP contribution < -0.4 is 0 Å². The molecule has 0 spiro atoms. The first kappa shape index (κ1) is 17.8. The van der Waals surface area contributed by atoms with Gasteiger partial charge in [0.2, 0.25) is 0 Å². The minimum absolute atomic E-state index is 0.560. The van der Waals surface area contributed by atoms with E-state index in [0.29, 0.717) is 5.92 Å². The molecule has 32 heavy (non-hydrogen) atoms. The second kappa shape index (κ2) is 6.33. The molecule has 0 atom stereocenters. The normalized spacial score (nSPS) is 12.5. The lowest BCUT2D eigenvalue weighted by molar-refractivity contribution is 0.526. The maximum absolute atomic E-state index is 6.42. The van der Waals surface area contributed by atoms with E-state index in [1.54, 1.807) is 0 Å². The molecule has 0 aliphatic carbocycles. The topological polar surface area (TPSA) is 31.0 Å². The van der Waals surface area contributed by atoms with Gasteiger partial charge in [0.15, 0.2) is 0 Å². The van der Waals surface area contributed by atoms with Crippen molar-refractivity contribution in [2.75, 3.05) is 0 Å². The highest BCUT2D eigenvalue weighted by molar-refractivity contribution is 6.32. The van der Waals surface area contributed by atoms with Crippen LogP contribution in [0.3, 0.4) is 0 Å². The Morgan fingerprint density at radius 2 is 1.56 bits per heavy atom.